The quantitative estimate of drug-likeness (QED) is 0.635. The lowest BCUT2D eigenvalue weighted by atomic mass is 10.0. The molecule has 1 aliphatic rings. The monoisotopic (exact) mass is 310 g/mol. The Morgan fingerprint density at radius 1 is 1.23 bits per heavy atom. The van der Waals surface area contributed by atoms with Crippen LogP contribution in [0.4, 0.5) is 0 Å². The van der Waals surface area contributed by atoms with E-state index in [-0.39, 0.29) is 5.78 Å². The third-order valence-electron chi connectivity index (χ3n) is 3.36. The number of fused-ring (bicyclic) bond motifs is 1. The first kappa shape index (κ1) is 15.0. The number of hydrogen-bond acceptors (Lipinski definition) is 3. The Morgan fingerprint density at radius 2 is 2.00 bits per heavy atom. The molecule has 0 saturated heterocycles. The molecule has 109 valence electrons. The Hall–Kier alpha value is -1.87. The molecule has 0 amide bonds. The number of aromatic nitrogens is 1. The van der Waals surface area contributed by atoms with E-state index in [1.54, 1.807) is 26.0 Å². The van der Waals surface area contributed by atoms with Crippen LogP contribution in [0.3, 0.4) is 0 Å². The van der Waals surface area contributed by atoms with E-state index in [0.717, 1.165) is 16.7 Å². The minimum absolute atomic E-state index is 0.0631. The van der Waals surface area contributed by atoms with Gasteiger partial charge in [-0.05, 0) is 62.1 Å². The fraction of sp³-hybridized carbons (Fsp3) is 0.0556. The normalized spacial score (nSPS) is 15.7. The Labute approximate surface area is 135 Å². The van der Waals surface area contributed by atoms with Crippen LogP contribution in [0.5, 0.6) is 5.75 Å². The van der Waals surface area contributed by atoms with Crippen molar-refractivity contribution in [1.82, 2.24) is 4.98 Å². The van der Waals surface area contributed by atoms with Gasteiger partial charge in [-0.15, -0.1) is 0 Å². The number of rotatable bonds is 4. The summed E-state index contributed by atoms with van der Waals surface area (Å²) in [5, 5.41) is 1.27. The molecule has 1 aromatic heterocycles. The molecule has 1 heterocycles. The van der Waals surface area contributed by atoms with E-state index in [2.05, 4.69) is 4.98 Å². The van der Waals surface area contributed by atoms with Crippen molar-refractivity contribution in [3.8, 4) is 5.75 Å². The topological polar surface area (TPSA) is 39.2 Å². The van der Waals surface area contributed by atoms with E-state index < -0.39 is 0 Å². The minimum atomic E-state index is -0.0631. The summed E-state index contributed by atoms with van der Waals surface area (Å²) in [7, 11) is 1.61. The van der Waals surface area contributed by atoms with Gasteiger partial charge in [0.15, 0.2) is 5.78 Å². The van der Waals surface area contributed by atoms with Gasteiger partial charge in [-0.25, -0.2) is 4.98 Å². The van der Waals surface area contributed by atoms with E-state index in [1.165, 1.54) is 6.08 Å². The molecule has 0 unspecified atom stereocenters. The van der Waals surface area contributed by atoms with Crippen LogP contribution < -0.4 is 4.74 Å². The summed E-state index contributed by atoms with van der Waals surface area (Å²) in [6, 6.07) is 7.46. The number of allylic oxidation sites excluding steroid dienone is 1. The van der Waals surface area contributed by atoms with Crippen LogP contribution in [0, 0.1) is 31.6 Å². The SMILES string of the molecule is COc1ccc2nc(Cl)c(/C=C/C(=O)[C]3[CH][CH][CH][CH]3)cc2c1. The number of carbonyl (C=O) groups excluding carboxylic acids is 1. The smallest absolute Gasteiger partial charge is 0.163 e. The van der Waals surface area contributed by atoms with E-state index in [0.29, 0.717) is 16.6 Å². The Bertz CT molecular complexity index is 733. The molecule has 1 aromatic carbocycles. The van der Waals surface area contributed by atoms with Crippen LogP contribution >= 0.6 is 11.6 Å². The second kappa shape index (κ2) is 6.49. The Kier molecular flexibility index (Phi) is 4.44. The summed E-state index contributed by atoms with van der Waals surface area (Å²) >= 11 is 6.18. The molecular formula is C18H13ClNO2. The molecule has 2 aromatic rings. The van der Waals surface area contributed by atoms with E-state index in [1.807, 2.05) is 37.1 Å². The molecule has 0 aliphatic heterocycles. The highest BCUT2D eigenvalue weighted by molar-refractivity contribution is 6.31. The average molecular weight is 311 g/mol. The zero-order chi connectivity index (χ0) is 15.5. The molecule has 1 saturated carbocycles. The number of pyridine rings is 1. The third-order valence-corrected chi connectivity index (χ3v) is 3.67. The van der Waals surface area contributed by atoms with Crippen molar-refractivity contribution in [1.29, 1.82) is 0 Å². The largest absolute Gasteiger partial charge is 0.497 e. The van der Waals surface area contributed by atoms with Gasteiger partial charge < -0.3 is 4.74 Å². The molecule has 22 heavy (non-hydrogen) atoms. The highest BCUT2D eigenvalue weighted by Crippen LogP contribution is 2.27. The zero-order valence-electron chi connectivity index (χ0n) is 11.9. The van der Waals surface area contributed by atoms with Gasteiger partial charge in [0.1, 0.15) is 10.9 Å². The maximum atomic E-state index is 12.0. The van der Waals surface area contributed by atoms with Crippen LogP contribution in [-0.2, 0) is 4.79 Å². The van der Waals surface area contributed by atoms with Gasteiger partial charge in [0.05, 0.1) is 18.5 Å². The fourth-order valence-electron chi connectivity index (χ4n) is 2.19. The molecule has 0 N–H and O–H groups in total. The molecular weight excluding hydrogens is 298 g/mol. The molecule has 5 radical (unpaired) electrons. The van der Waals surface area contributed by atoms with Crippen molar-refractivity contribution in [3.63, 3.8) is 0 Å². The lowest BCUT2D eigenvalue weighted by molar-refractivity contribution is -0.112. The lowest BCUT2D eigenvalue weighted by Crippen LogP contribution is -2.05. The van der Waals surface area contributed by atoms with E-state index in [9.17, 15) is 4.79 Å². The molecule has 3 nitrogen and oxygen atoms in total. The number of carbonyl (C=O) groups is 1. The van der Waals surface area contributed by atoms with Crippen LogP contribution in [0.25, 0.3) is 17.0 Å². The van der Waals surface area contributed by atoms with Crippen molar-refractivity contribution in [2.24, 2.45) is 0 Å². The number of nitrogens with zero attached hydrogens (tertiary/aromatic N) is 1. The number of halogens is 1. The first-order chi connectivity index (χ1) is 10.7. The summed E-state index contributed by atoms with van der Waals surface area (Å²) in [6.07, 6.45) is 10.4. The van der Waals surface area contributed by atoms with Crippen molar-refractivity contribution in [3.05, 3.63) is 72.7 Å². The second-order valence-corrected chi connectivity index (χ2v) is 5.16. The van der Waals surface area contributed by atoms with Crippen LogP contribution in [0.1, 0.15) is 5.56 Å². The molecule has 1 fully saturated rings. The van der Waals surface area contributed by atoms with Crippen LogP contribution in [0.2, 0.25) is 5.15 Å². The highest BCUT2D eigenvalue weighted by atomic mass is 35.5. The summed E-state index contributed by atoms with van der Waals surface area (Å²) in [5.74, 6) is 1.34. The van der Waals surface area contributed by atoms with Crippen LogP contribution in [0.15, 0.2) is 30.3 Å². The van der Waals surface area contributed by atoms with Crippen molar-refractivity contribution >= 4 is 34.4 Å². The number of hydrogen-bond donors (Lipinski definition) is 0. The second-order valence-electron chi connectivity index (χ2n) is 4.80. The first-order valence-corrected chi connectivity index (χ1v) is 7.13. The summed E-state index contributed by atoms with van der Waals surface area (Å²) < 4.78 is 5.21. The van der Waals surface area contributed by atoms with Gasteiger partial charge >= 0.3 is 0 Å². The summed E-state index contributed by atoms with van der Waals surface area (Å²) in [5.41, 5.74) is 1.48. The Morgan fingerprint density at radius 3 is 2.73 bits per heavy atom. The summed E-state index contributed by atoms with van der Waals surface area (Å²) in [6.45, 7) is 0. The third kappa shape index (κ3) is 3.14. The van der Waals surface area contributed by atoms with Crippen LogP contribution in [-0.4, -0.2) is 17.9 Å². The Balaban J connectivity index is 1.88. The van der Waals surface area contributed by atoms with Gasteiger partial charge in [-0.1, -0.05) is 11.6 Å². The first-order valence-electron chi connectivity index (χ1n) is 6.76. The summed E-state index contributed by atoms with van der Waals surface area (Å²) in [4.78, 5) is 16.3. The van der Waals surface area contributed by atoms with Gasteiger partial charge in [-0.3, -0.25) is 4.79 Å². The van der Waals surface area contributed by atoms with Crippen molar-refractivity contribution in [2.45, 2.75) is 0 Å². The molecule has 3 rings (SSSR count). The molecule has 0 atom stereocenters. The molecule has 0 bridgehead atoms. The molecule has 1 aliphatic carbocycles. The molecule has 4 heteroatoms. The minimum Gasteiger partial charge on any atom is -0.497 e. The highest BCUT2D eigenvalue weighted by Gasteiger charge is 2.22. The van der Waals surface area contributed by atoms with Gasteiger partial charge in [0.25, 0.3) is 0 Å². The maximum Gasteiger partial charge on any atom is 0.163 e. The van der Waals surface area contributed by atoms with Crippen molar-refractivity contribution in [2.75, 3.05) is 7.11 Å². The fourth-order valence-corrected chi connectivity index (χ4v) is 2.40. The van der Waals surface area contributed by atoms with E-state index >= 15 is 0 Å². The maximum absolute atomic E-state index is 12.0. The van der Waals surface area contributed by atoms with Crippen molar-refractivity contribution < 1.29 is 9.53 Å². The number of ether oxygens (including phenoxy) is 1. The lowest BCUT2D eigenvalue weighted by Gasteiger charge is -2.05. The van der Waals surface area contributed by atoms with E-state index in [4.69, 9.17) is 16.3 Å². The van der Waals surface area contributed by atoms with Gasteiger partial charge in [0.2, 0.25) is 0 Å². The predicted molar refractivity (Wildman–Crippen MR) is 87.8 cm³/mol. The number of ketones is 1. The number of methoxy groups -OCH3 is 1. The zero-order valence-corrected chi connectivity index (χ0v) is 12.7. The van der Waals surface area contributed by atoms with Gasteiger partial charge in [-0.2, -0.15) is 0 Å². The predicted octanol–water partition coefficient (Wildman–Crippen LogP) is 3.88. The average Bonchev–Trinajstić information content (AvgIpc) is 3.06. The molecule has 0 spiro atoms. The number of benzene rings is 1. The standard InChI is InChI=1S/C18H13ClNO2/c1-22-15-7-8-16-14(11-15)10-13(18(19)20-16)6-9-17(21)12-4-2-3-5-12/h2-11H,1H3/b9-6+. The van der Waals surface area contributed by atoms with Gasteiger partial charge in [0, 0.05) is 10.9 Å².